The molecule has 0 amide bonds. The van der Waals surface area contributed by atoms with Crippen LogP contribution < -0.4 is 5.73 Å². The average molecular weight is 127 g/mol. The Hall–Kier alpha value is -1.45. The number of carboxylic acids is 1. The van der Waals surface area contributed by atoms with Crippen molar-refractivity contribution in [3.63, 3.8) is 0 Å². The van der Waals surface area contributed by atoms with E-state index in [0.717, 1.165) is 6.26 Å². The van der Waals surface area contributed by atoms with Gasteiger partial charge in [0.1, 0.15) is 18.1 Å². The highest BCUT2D eigenvalue weighted by molar-refractivity contribution is 5.92. The number of furan rings is 1. The third-order valence-corrected chi connectivity index (χ3v) is 0.922. The first-order chi connectivity index (χ1) is 4.22. The molecule has 0 saturated heterocycles. The van der Waals surface area contributed by atoms with Gasteiger partial charge in [-0.1, -0.05) is 0 Å². The summed E-state index contributed by atoms with van der Waals surface area (Å²) in [6.45, 7) is 0. The fourth-order valence-corrected chi connectivity index (χ4v) is 0.481. The summed E-state index contributed by atoms with van der Waals surface area (Å²) in [6.07, 6.45) is 2.28. The van der Waals surface area contributed by atoms with Crippen molar-refractivity contribution in [1.82, 2.24) is 0 Å². The number of hydrogen-bond donors (Lipinski definition) is 2. The van der Waals surface area contributed by atoms with Crippen LogP contribution in [0.15, 0.2) is 16.9 Å². The van der Waals surface area contributed by atoms with Gasteiger partial charge in [-0.25, -0.2) is 4.79 Å². The second-order valence-electron chi connectivity index (χ2n) is 1.55. The molecule has 1 aromatic rings. The molecule has 4 heteroatoms. The van der Waals surface area contributed by atoms with Crippen molar-refractivity contribution in [3.05, 3.63) is 18.1 Å². The van der Waals surface area contributed by atoms with Gasteiger partial charge >= 0.3 is 5.97 Å². The number of aromatic carboxylic acids is 1. The normalized spacial score (nSPS) is 9.33. The van der Waals surface area contributed by atoms with Crippen LogP contribution in [0.3, 0.4) is 0 Å². The molecule has 0 aliphatic rings. The van der Waals surface area contributed by atoms with Gasteiger partial charge in [0.15, 0.2) is 0 Å². The van der Waals surface area contributed by atoms with E-state index in [1.54, 1.807) is 0 Å². The standard InChI is InChI=1S/C5H5NO3/c6-4-2-9-1-3(4)5(7)8/h1-2H,6H2,(H,7,8). The van der Waals surface area contributed by atoms with Gasteiger partial charge in [-0.15, -0.1) is 0 Å². The molecule has 0 saturated carbocycles. The van der Waals surface area contributed by atoms with Crippen LogP contribution in [-0.2, 0) is 0 Å². The van der Waals surface area contributed by atoms with Gasteiger partial charge in [0.2, 0.25) is 0 Å². The molecule has 1 rings (SSSR count). The summed E-state index contributed by atoms with van der Waals surface area (Å²) in [5.41, 5.74) is 5.33. The molecule has 0 bridgehead atoms. The first-order valence-electron chi connectivity index (χ1n) is 2.27. The molecule has 4 nitrogen and oxygen atoms in total. The van der Waals surface area contributed by atoms with E-state index in [9.17, 15) is 4.79 Å². The molecule has 0 radical (unpaired) electrons. The monoisotopic (exact) mass is 127 g/mol. The number of hydrogen-bond acceptors (Lipinski definition) is 3. The molecule has 0 fully saturated rings. The molecular weight excluding hydrogens is 122 g/mol. The van der Waals surface area contributed by atoms with Crippen LogP contribution in [0.5, 0.6) is 0 Å². The van der Waals surface area contributed by atoms with Gasteiger partial charge < -0.3 is 15.3 Å². The van der Waals surface area contributed by atoms with E-state index >= 15 is 0 Å². The first-order valence-corrected chi connectivity index (χ1v) is 2.27. The van der Waals surface area contributed by atoms with E-state index in [1.165, 1.54) is 6.26 Å². The molecular formula is C5H5NO3. The quantitative estimate of drug-likeness (QED) is 0.577. The Morgan fingerprint density at radius 3 is 2.56 bits per heavy atom. The third kappa shape index (κ3) is 0.861. The number of anilines is 1. The molecule has 0 aliphatic heterocycles. The Bertz CT molecular complexity index is 228. The molecule has 9 heavy (non-hydrogen) atoms. The second-order valence-corrected chi connectivity index (χ2v) is 1.55. The zero-order chi connectivity index (χ0) is 6.85. The first kappa shape index (κ1) is 5.68. The van der Waals surface area contributed by atoms with E-state index in [4.69, 9.17) is 10.8 Å². The molecule has 0 aliphatic carbocycles. The lowest BCUT2D eigenvalue weighted by Crippen LogP contribution is -1.97. The number of rotatable bonds is 1. The molecule has 3 N–H and O–H groups in total. The minimum absolute atomic E-state index is 0.00926. The second kappa shape index (κ2) is 1.81. The summed E-state index contributed by atoms with van der Waals surface area (Å²) in [5, 5.41) is 8.31. The molecule has 0 unspecified atom stereocenters. The smallest absolute Gasteiger partial charge is 0.341 e. The van der Waals surface area contributed by atoms with Crippen molar-refractivity contribution in [2.24, 2.45) is 0 Å². The Kier molecular flexibility index (Phi) is 1.14. The Balaban J connectivity index is 3.08. The maximum absolute atomic E-state index is 10.1. The van der Waals surface area contributed by atoms with Crippen molar-refractivity contribution in [2.75, 3.05) is 5.73 Å². The molecule has 0 aromatic carbocycles. The summed E-state index contributed by atoms with van der Waals surface area (Å²) < 4.78 is 4.50. The van der Waals surface area contributed by atoms with Gasteiger partial charge in [-0.2, -0.15) is 0 Å². The number of nitrogen functional groups attached to an aromatic ring is 1. The minimum Gasteiger partial charge on any atom is -0.477 e. The third-order valence-electron chi connectivity index (χ3n) is 0.922. The molecule has 1 aromatic heterocycles. The maximum Gasteiger partial charge on any atom is 0.341 e. The Morgan fingerprint density at radius 2 is 2.33 bits per heavy atom. The summed E-state index contributed by atoms with van der Waals surface area (Å²) in [4.78, 5) is 10.1. The topological polar surface area (TPSA) is 76.5 Å². The fraction of sp³-hybridized carbons (Fsp3) is 0. The van der Waals surface area contributed by atoms with Gasteiger partial charge in [0.25, 0.3) is 0 Å². The summed E-state index contributed by atoms with van der Waals surface area (Å²) in [5.74, 6) is -1.07. The van der Waals surface area contributed by atoms with Gasteiger partial charge in [0.05, 0.1) is 5.69 Å². The van der Waals surface area contributed by atoms with Gasteiger partial charge in [0, 0.05) is 0 Å². The largest absolute Gasteiger partial charge is 0.477 e. The van der Waals surface area contributed by atoms with Gasteiger partial charge in [-0.3, -0.25) is 0 Å². The highest BCUT2D eigenvalue weighted by Gasteiger charge is 2.07. The lowest BCUT2D eigenvalue weighted by Gasteiger charge is -1.84. The fourth-order valence-electron chi connectivity index (χ4n) is 0.481. The van der Waals surface area contributed by atoms with Crippen LogP contribution >= 0.6 is 0 Å². The lowest BCUT2D eigenvalue weighted by atomic mass is 10.3. The van der Waals surface area contributed by atoms with Crippen LogP contribution in [-0.4, -0.2) is 11.1 Å². The molecule has 0 atom stereocenters. The van der Waals surface area contributed by atoms with Crippen molar-refractivity contribution in [1.29, 1.82) is 0 Å². The van der Waals surface area contributed by atoms with Crippen molar-refractivity contribution >= 4 is 11.7 Å². The highest BCUT2D eigenvalue weighted by atomic mass is 16.4. The van der Waals surface area contributed by atoms with Crippen molar-refractivity contribution in [2.45, 2.75) is 0 Å². The number of nitrogens with two attached hydrogens (primary N) is 1. The zero-order valence-electron chi connectivity index (χ0n) is 4.50. The highest BCUT2D eigenvalue weighted by Crippen LogP contribution is 2.10. The minimum atomic E-state index is -1.07. The average Bonchev–Trinajstić information content (AvgIpc) is 2.13. The van der Waals surface area contributed by atoms with Crippen LogP contribution in [0.1, 0.15) is 10.4 Å². The number of carboxylic acid groups (broad SMARTS) is 1. The molecule has 48 valence electrons. The molecule has 1 heterocycles. The van der Waals surface area contributed by atoms with E-state index in [-0.39, 0.29) is 11.3 Å². The number of carbonyl (C=O) groups is 1. The SMILES string of the molecule is Nc1cocc1C(=O)O. The molecule has 0 spiro atoms. The van der Waals surface area contributed by atoms with Crippen LogP contribution in [0.2, 0.25) is 0 Å². The van der Waals surface area contributed by atoms with E-state index in [2.05, 4.69) is 4.42 Å². The lowest BCUT2D eigenvalue weighted by molar-refractivity contribution is 0.0697. The zero-order valence-corrected chi connectivity index (χ0v) is 4.50. The van der Waals surface area contributed by atoms with E-state index in [1.807, 2.05) is 0 Å². The van der Waals surface area contributed by atoms with Gasteiger partial charge in [-0.05, 0) is 0 Å². The predicted octanol–water partition coefficient (Wildman–Crippen LogP) is 0.560. The van der Waals surface area contributed by atoms with Crippen molar-refractivity contribution < 1.29 is 14.3 Å². The Labute approximate surface area is 50.9 Å². The summed E-state index contributed by atoms with van der Waals surface area (Å²) in [6, 6.07) is 0. The van der Waals surface area contributed by atoms with Crippen molar-refractivity contribution in [3.8, 4) is 0 Å². The van der Waals surface area contributed by atoms with Crippen LogP contribution in [0.25, 0.3) is 0 Å². The summed E-state index contributed by atoms with van der Waals surface area (Å²) >= 11 is 0. The van der Waals surface area contributed by atoms with E-state index < -0.39 is 5.97 Å². The van der Waals surface area contributed by atoms with E-state index in [0.29, 0.717) is 0 Å². The predicted molar refractivity (Wildman–Crippen MR) is 30.1 cm³/mol. The maximum atomic E-state index is 10.1. The Morgan fingerprint density at radius 1 is 1.67 bits per heavy atom. The van der Waals surface area contributed by atoms with Crippen LogP contribution in [0, 0.1) is 0 Å². The van der Waals surface area contributed by atoms with Crippen LogP contribution in [0.4, 0.5) is 5.69 Å². The summed E-state index contributed by atoms with van der Waals surface area (Å²) in [7, 11) is 0.